The Kier molecular flexibility index (Phi) is 7.30. The number of amides is 1. The third-order valence-corrected chi connectivity index (χ3v) is 5.82. The van der Waals surface area contributed by atoms with Gasteiger partial charge in [-0.2, -0.15) is 0 Å². The predicted octanol–water partition coefficient (Wildman–Crippen LogP) is 1.54. The number of carbonyl (C=O) groups is 1. The minimum Gasteiger partial charge on any atom is -0.494 e. The van der Waals surface area contributed by atoms with Crippen LogP contribution in [0.25, 0.3) is 0 Å². The number of likely N-dealkylation sites (tertiary alicyclic amines) is 1. The lowest BCUT2D eigenvalue weighted by Gasteiger charge is -2.39. The van der Waals surface area contributed by atoms with E-state index in [4.69, 9.17) is 4.74 Å². The van der Waals surface area contributed by atoms with Crippen LogP contribution in [0.5, 0.6) is 5.75 Å². The first-order chi connectivity index (χ1) is 14.0. The van der Waals surface area contributed by atoms with Gasteiger partial charge < -0.3 is 19.9 Å². The lowest BCUT2D eigenvalue weighted by molar-refractivity contribution is -0.135. The molecule has 8 heteroatoms. The second kappa shape index (κ2) is 9.91. The number of ether oxygens (including phenoxy) is 1. The molecule has 1 aromatic rings. The maximum Gasteiger partial charge on any atom is 0.239 e. The van der Waals surface area contributed by atoms with E-state index < -0.39 is 0 Å². The highest BCUT2D eigenvalue weighted by atomic mass is 19.1. The van der Waals surface area contributed by atoms with Crippen molar-refractivity contribution in [3.63, 3.8) is 0 Å². The fraction of sp³-hybridized carbons (Fsp3) is 0.619. The third kappa shape index (κ3) is 5.18. The number of hydrogen-bond donors (Lipinski definition) is 1. The summed E-state index contributed by atoms with van der Waals surface area (Å²) in [5.41, 5.74) is 0.827. The number of benzene rings is 1. The minimum atomic E-state index is -0.368. The molecule has 2 aliphatic rings. The first kappa shape index (κ1) is 21.4. The van der Waals surface area contributed by atoms with E-state index in [1.807, 2.05) is 17.9 Å². The van der Waals surface area contributed by atoms with Crippen LogP contribution in [0.15, 0.2) is 23.2 Å². The van der Waals surface area contributed by atoms with Gasteiger partial charge in [-0.3, -0.25) is 14.7 Å². The molecule has 1 unspecified atom stereocenters. The van der Waals surface area contributed by atoms with Crippen molar-refractivity contribution in [2.24, 2.45) is 4.99 Å². The Labute approximate surface area is 172 Å². The second-order valence-electron chi connectivity index (χ2n) is 7.60. The summed E-state index contributed by atoms with van der Waals surface area (Å²) in [6.45, 7) is 7.52. The molecule has 1 aromatic carbocycles. The number of nitrogens with zero attached hydrogens (tertiary/aromatic N) is 4. The van der Waals surface area contributed by atoms with Gasteiger partial charge in [0.15, 0.2) is 17.5 Å². The van der Waals surface area contributed by atoms with Gasteiger partial charge >= 0.3 is 0 Å². The molecular formula is C21H32FN5O2. The topological polar surface area (TPSA) is 60.4 Å². The van der Waals surface area contributed by atoms with Crippen LogP contribution >= 0.6 is 0 Å². The fourth-order valence-electron chi connectivity index (χ4n) is 4.01. The highest BCUT2D eigenvalue weighted by Gasteiger charge is 2.30. The monoisotopic (exact) mass is 405 g/mol. The number of methoxy groups -OCH3 is 1. The SMILES string of the molecule is CN=C(NCc1ccc(OC)c(F)c1)N1CCN(C(C)C(=O)N2CCCC2)CC1. The normalized spacial score (nSPS) is 19.4. The molecule has 1 N–H and O–H groups in total. The van der Waals surface area contributed by atoms with E-state index in [0.29, 0.717) is 6.54 Å². The van der Waals surface area contributed by atoms with Crippen LogP contribution in [0.2, 0.25) is 0 Å². The molecule has 0 saturated carbocycles. The summed E-state index contributed by atoms with van der Waals surface area (Å²) in [5, 5.41) is 3.31. The van der Waals surface area contributed by atoms with Crippen LogP contribution < -0.4 is 10.1 Å². The minimum absolute atomic E-state index is 0.0764. The zero-order valence-electron chi connectivity index (χ0n) is 17.7. The zero-order valence-corrected chi connectivity index (χ0v) is 17.7. The summed E-state index contributed by atoms with van der Waals surface area (Å²) < 4.78 is 18.8. The standard InChI is InChI=1S/C21H32FN5O2/c1-16(20(28)26-8-4-5-9-26)25-10-12-27(13-11-25)21(23-2)24-15-17-6-7-19(29-3)18(22)14-17/h6-7,14,16H,4-5,8-13,15H2,1-3H3,(H,23,24). The predicted molar refractivity (Wildman–Crippen MR) is 112 cm³/mol. The average Bonchev–Trinajstić information content (AvgIpc) is 3.28. The van der Waals surface area contributed by atoms with E-state index in [1.54, 1.807) is 13.1 Å². The molecule has 0 radical (unpaired) electrons. The number of aliphatic imine (C=N–C) groups is 1. The Balaban J connectivity index is 1.49. The molecule has 0 aromatic heterocycles. The van der Waals surface area contributed by atoms with Crippen molar-refractivity contribution < 1.29 is 13.9 Å². The van der Waals surface area contributed by atoms with E-state index in [9.17, 15) is 9.18 Å². The van der Waals surface area contributed by atoms with Crippen LogP contribution in [0.4, 0.5) is 4.39 Å². The molecule has 29 heavy (non-hydrogen) atoms. The molecule has 2 fully saturated rings. The van der Waals surface area contributed by atoms with Gasteiger partial charge in [0, 0.05) is 52.9 Å². The number of nitrogens with one attached hydrogen (secondary N) is 1. The molecule has 7 nitrogen and oxygen atoms in total. The van der Waals surface area contributed by atoms with Gasteiger partial charge in [-0.15, -0.1) is 0 Å². The van der Waals surface area contributed by atoms with Crippen molar-refractivity contribution >= 4 is 11.9 Å². The number of halogens is 1. The summed E-state index contributed by atoms with van der Waals surface area (Å²) in [6.07, 6.45) is 2.23. The molecule has 0 bridgehead atoms. The highest BCUT2D eigenvalue weighted by Crippen LogP contribution is 2.18. The van der Waals surface area contributed by atoms with Gasteiger partial charge in [-0.05, 0) is 37.5 Å². The fourth-order valence-corrected chi connectivity index (χ4v) is 4.01. The van der Waals surface area contributed by atoms with E-state index in [0.717, 1.165) is 63.6 Å². The summed E-state index contributed by atoms with van der Waals surface area (Å²) in [6, 6.07) is 4.87. The van der Waals surface area contributed by atoms with Crippen molar-refractivity contribution in [1.29, 1.82) is 0 Å². The Hall–Kier alpha value is -2.35. The number of piperazine rings is 1. The number of rotatable bonds is 5. The highest BCUT2D eigenvalue weighted by molar-refractivity contribution is 5.82. The molecule has 1 amide bonds. The zero-order chi connectivity index (χ0) is 20.8. The quantitative estimate of drug-likeness (QED) is 0.595. The van der Waals surface area contributed by atoms with Gasteiger partial charge in [0.2, 0.25) is 5.91 Å². The van der Waals surface area contributed by atoms with Crippen LogP contribution in [-0.4, -0.2) is 86.0 Å². The Morgan fingerprint density at radius 1 is 1.17 bits per heavy atom. The molecule has 3 rings (SSSR count). The van der Waals surface area contributed by atoms with Crippen LogP contribution in [-0.2, 0) is 11.3 Å². The maximum absolute atomic E-state index is 13.9. The number of hydrogen-bond acceptors (Lipinski definition) is 4. The molecular weight excluding hydrogens is 373 g/mol. The molecule has 2 aliphatic heterocycles. The van der Waals surface area contributed by atoms with Gasteiger partial charge in [-0.1, -0.05) is 6.07 Å². The van der Waals surface area contributed by atoms with Gasteiger partial charge in [0.25, 0.3) is 0 Å². The van der Waals surface area contributed by atoms with Gasteiger partial charge in [-0.25, -0.2) is 4.39 Å². The van der Waals surface area contributed by atoms with Crippen LogP contribution in [0.1, 0.15) is 25.3 Å². The summed E-state index contributed by atoms with van der Waals surface area (Å²) in [5.74, 6) is 0.915. The van der Waals surface area contributed by atoms with Crippen molar-refractivity contribution in [2.45, 2.75) is 32.4 Å². The average molecular weight is 406 g/mol. The van der Waals surface area contributed by atoms with Crippen LogP contribution in [0.3, 0.4) is 0 Å². The third-order valence-electron chi connectivity index (χ3n) is 5.82. The smallest absolute Gasteiger partial charge is 0.239 e. The molecule has 2 saturated heterocycles. The largest absolute Gasteiger partial charge is 0.494 e. The number of guanidine groups is 1. The van der Waals surface area contributed by atoms with Gasteiger partial charge in [0.05, 0.1) is 13.2 Å². The van der Waals surface area contributed by atoms with E-state index >= 15 is 0 Å². The molecule has 160 valence electrons. The first-order valence-electron chi connectivity index (χ1n) is 10.3. The van der Waals surface area contributed by atoms with E-state index in [2.05, 4.69) is 20.1 Å². The van der Waals surface area contributed by atoms with E-state index in [1.165, 1.54) is 13.2 Å². The summed E-state index contributed by atoms with van der Waals surface area (Å²) >= 11 is 0. The summed E-state index contributed by atoms with van der Waals surface area (Å²) in [7, 11) is 3.21. The lowest BCUT2D eigenvalue weighted by atomic mass is 10.2. The van der Waals surface area contributed by atoms with Crippen molar-refractivity contribution in [2.75, 3.05) is 53.4 Å². The van der Waals surface area contributed by atoms with Crippen molar-refractivity contribution in [3.8, 4) is 5.75 Å². The summed E-state index contributed by atoms with van der Waals surface area (Å²) in [4.78, 5) is 23.4. The Morgan fingerprint density at radius 3 is 2.45 bits per heavy atom. The first-order valence-corrected chi connectivity index (χ1v) is 10.3. The van der Waals surface area contributed by atoms with E-state index in [-0.39, 0.29) is 23.5 Å². The van der Waals surface area contributed by atoms with Crippen molar-refractivity contribution in [1.82, 2.24) is 20.0 Å². The second-order valence-corrected chi connectivity index (χ2v) is 7.60. The van der Waals surface area contributed by atoms with Crippen molar-refractivity contribution in [3.05, 3.63) is 29.6 Å². The lowest BCUT2D eigenvalue weighted by Crippen LogP contribution is -2.57. The molecule has 0 aliphatic carbocycles. The Bertz CT molecular complexity index is 728. The van der Waals surface area contributed by atoms with Crippen LogP contribution in [0, 0.1) is 5.82 Å². The molecule has 1 atom stereocenters. The Morgan fingerprint density at radius 2 is 1.86 bits per heavy atom. The maximum atomic E-state index is 13.9. The molecule has 2 heterocycles. The number of carbonyl (C=O) groups excluding carboxylic acids is 1. The molecule has 0 spiro atoms. The van der Waals surface area contributed by atoms with Gasteiger partial charge in [0.1, 0.15) is 0 Å².